The van der Waals surface area contributed by atoms with E-state index in [0.29, 0.717) is 51.8 Å². The van der Waals surface area contributed by atoms with E-state index in [1.165, 1.54) is 11.3 Å². The predicted molar refractivity (Wildman–Crippen MR) is 166 cm³/mol. The van der Waals surface area contributed by atoms with Crippen molar-refractivity contribution in [2.24, 2.45) is 0 Å². The number of aromatic nitrogens is 3. The van der Waals surface area contributed by atoms with E-state index in [2.05, 4.69) is 29.1 Å². The zero-order chi connectivity index (χ0) is 30.3. The van der Waals surface area contributed by atoms with E-state index in [1.54, 1.807) is 21.7 Å². The first-order valence-electron chi connectivity index (χ1n) is 14.0. The third-order valence-corrected chi connectivity index (χ3v) is 9.50. The standard InChI is InChI=1S/C29H35Cl3N6O3S/c1-17-13-35(27(39)25-9-8-24(42-25)23-7-6-10-36(23)28(40)41-29(3,4)5)14-18(2)37(17)15-20-16-38(34-33-20)26-21(31)11-19(30)12-22(26)32/h8-9,11-12,16-18,23H,6-7,10,13-15H2,1-5H3/t17-,18+,23?. The Labute approximate surface area is 265 Å². The van der Waals surface area contributed by atoms with Crippen molar-refractivity contribution in [3.8, 4) is 5.69 Å². The molecule has 3 atom stereocenters. The lowest BCUT2D eigenvalue weighted by molar-refractivity contribution is 0.0226. The molecule has 0 spiro atoms. The maximum absolute atomic E-state index is 13.6. The van der Waals surface area contributed by atoms with Crippen molar-refractivity contribution < 1.29 is 14.3 Å². The summed E-state index contributed by atoms with van der Waals surface area (Å²) in [6, 6.07) is 7.25. The van der Waals surface area contributed by atoms with Crippen molar-refractivity contribution in [1.82, 2.24) is 29.7 Å². The van der Waals surface area contributed by atoms with Gasteiger partial charge in [0, 0.05) is 48.2 Å². The van der Waals surface area contributed by atoms with Gasteiger partial charge in [0.25, 0.3) is 5.91 Å². The van der Waals surface area contributed by atoms with Gasteiger partial charge in [-0.3, -0.25) is 9.69 Å². The molecule has 13 heteroatoms. The lowest BCUT2D eigenvalue weighted by Crippen LogP contribution is -2.57. The molecule has 2 aromatic heterocycles. The number of thiophene rings is 1. The molecule has 42 heavy (non-hydrogen) atoms. The van der Waals surface area contributed by atoms with Gasteiger partial charge in [0.15, 0.2) is 0 Å². The Morgan fingerprint density at radius 3 is 2.38 bits per heavy atom. The highest BCUT2D eigenvalue weighted by atomic mass is 35.5. The fourth-order valence-corrected chi connectivity index (χ4v) is 7.77. The van der Waals surface area contributed by atoms with E-state index in [-0.39, 0.29) is 30.1 Å². The van der Waals surface area contributed by atoms with E-state index in [1.807, 2.05) is 44.0 Å². The minimum atomic E-state index is -0.551. The van der Waals surface area contributed by atoms with Crippen LogP contribution in [0.5, 0.6) is 0 Å². The molecule has 1 aromatic carbocycles. The van der Waals surface area contributed by atoms with Crippen molar-refractivity contribution in [3.05, 3.63) is 61.0 Å². The number of likely N-dealkylation sites (tertiary alicyclic amines) is 1. The summed E-state index contributed by atoms with van der Waals surface area (Å²) in [5.41, 5.74) is 0.745. The number of carbonyl (C=O) groups is 2. The van der Waals surface area contributed by atoms with Crippen molar-refractivity contribution >= 4 is 58.1 Å². The molecule has 4 heterocycles. The van der Waals surface area contributed by atoms with Crippen LogP contribution < -0.4 is 0 Å². The molecule has 2 saturated heterocycles. The van der Waals surface area contributed by atoms with Gasteiger partial charge in [0.2, 0.25) is 0 Å². The van der Waals surface area contributed by atoms with Gasteiger partial charge in [-0.1, -0.05) is 40.0 Å². The van der Waals surface area contributed by atoms with Crippen LogP contribution in [0.1, 0.15) is 73.7 Å². The van der Waals surface area contributed by atoms with Gasteiger partial charge in [-0.2, -0.15) is 0 Å². The number of carbonyl (C=O) groups excluding carboxylic acids is 2. The number of benzene rings is 1. The van der Waals surface area contributed by atoms with Crippen LogP contribution >= 0.6 is 46.1 Å². The van der Waals surface area contributed by atoms with Crippen LogP contribution in [-0.4, -0.2) is 79.0 Å². The summed E-state index contributed by atoms with van der Waals surface area (Å²) in [7, 11) is 0. The number of nitrogens with zero attached hydrogens (tertiary/aromatic N) is 6. The van der Waals surface area contributed by atoms with Crippen LogP contribution in [-0.2, 0) is 11.3 Å². The Kier molecular flexibility index (Phi) is 9.11. The Morgan fingerprint density at radius 2 is 1.74 bits per heavy atom. The Hall–Kier alpha value is -2.37. The number of rotatable bonds is 5. The quantitative estimate of drug-likeness (QED) is 0.292. The average molecular weight is 654 g/mol. The fraction of sp³-hybridized carbons (Fsp3) is 0.517. The molecule has 0 N–H and O–H groups in total. The second-order valence-corrected chi connectivity index (χ2v) is 14.4. The molecule has 0 saturated carbocycles. The van der Waals surface area contributed by atoms with Gasteiger partial charge < -0.3 is 14.5 Å². The van der Waals surface area contributed by atoms with E-state index in [0.717, 1.165) is 23.4 Å². The lowest BCUT2D eigenvalue weighted by Gasteiger charge is -2.44. The van der Waals surface area contributed by atoms with Crippen molar-refractivity contribution in [1.29, 1.82) is 0 Å². The van der Waals surface area contributed by atoms with E-state index in [9.17, 15) is 9.59 Å². The summed E-state index contributed by atoms with van der Waals surface area (Å²) in [4.78, 5) is 34.1. The summed E-state index contributed by atoms with van der Waals surface area (Å²) in [5.74, 6) is 0.0179. The van der Waals surface area contributed by atoms with Crippen LogP contribution in [0, 0.1) is 0 Å². The number of ether oxygens (including phenoxy) is 1. The zero-order valence-corrected chi connectivity index (χ0v) is 27.4. The minimum absolute atomic E-state index is 0.0179. The highest BCUT2D eigenvalue weighted by molar-refractivity contribution is 7.14. The minimum Gasteiger partial charge on any atom is -0.444 e. The molecule has 3 aromatic rings. The highest BCUT2D eigenvalue weighted by Crippen LogP contribution is 2.37. The van der Waals surface area contributed by atoms with Crippen LogP contribution in [0.2, 0.25) is 15.1 Å². The Balaban J connectivity index is 1.23. The first kappa shape index (κ1) is 31.1. The summed E-state index contributed by atoms with van der Waals surface area (Å²) in [6.07, 6.45) is 3.29. The van der Waals surface area contributed by atoms with Crippen molar-refractivity contribution in [3.63, 3.8) is 0 Å². The number of amides is 2. The molecule has 1 unspecified atom stereocenters. The number of hydrogen-bond donors (Lipinski definition) is 0. The monoisotopic (exact) mass is 652 g/mol. The largest absolute Gasteiger partial charge is 0.444 e. The van der Waals surface area contributed by atoms with Gasteiger partial charge >= 0.3 is 6.09 Å². The fourth-order valence-electron chi connectivity index (χ4n) is 5.66. The molecule has 5 rings (SSSR count). The highest BCUT2D eigenvalue weighted by Gasteiger charge is 2.36. The van der Waals surface area contributed by atoms with E-state index < -0.39 is 5.60 Å². The molecule has 0 radical (unpaired) electrons. The normalized spacial score (nSPS) is 21.7. The summed E-state index contributed by atoms with van der Waals surface area (Å²) >= 11 is 20.3. The molecular formula is C29H35Cl3N6O3S. The lowest BCUT2D eigenvalue weighted by atomic mass is 10.1. The second kappa shape index (κ2) is 12.3. The van der Waals surface area contributed by atoms with Gasteiger partial charge in [0.1, 0.15) is 11.3 Å². The molecule has 9 nitrogen and oxygen atoms in total. The van der Waals surface area contributed by atoms with Gasteiger partial charge in [0.05, 0.1) is 32.9 Å². The summed E-state index contributed by atoms with van der Waals surface area (Å²) < 4.78 is 7.19. The summed E-state index contributed by atoms with van der Waals surface area (Å²) in [6.45, 7) is 12.3. The molecule has 2 aliphatic rings. The summed E-state index contributed by atoms with van der Waals surface area (Å²) in [5, 5.41) is 9.81. The smallest absolute Gasteiger partial charge is 0.410 e. The Bertz CT molecular complexity index is 1440. The molecule has 226 valence electrons. The van der Waals surface area contributed by atoms with Gasteiger partial charge in [-0.05, 0) is 71.7 Å². The maximum atomic E-state index is 13.6. The van der Waals surface area contributed by atoms with Crippen LogP contribution in [0.15, 0.2) is 30.5 Å². The molecule has 2 fully saturated rings. The van der Waals surface area contributed by atoms with Crippen LogP contribution in [0.25, 0.3) is 5.69 Å². The van der Waals surface area contributed by atoms with Gasteiger partial charge in [-0.25, -0.2) is 9.48 Å². The average Bonchev–Trinajstić information content (AvgIpc) is 3.65. The first-order valence-corrected chi connectivity index (χ1v) is 16.0. The molecule has 2 aliphatic heterocycles. The van der Waals surface area contributed by atoms with Crippen LogP contribution in [0.4, 0.5) is 4.79 Å². The molecule has 0 bridgehead atoms. The number of hydrogen-bond acceptors (Lipinski definition) is 7. The third-order valence-electron chi connectivity index (χ3n) is 7.53. The number of halogens is 3. The van der Waals surface area contributed by atoms with Crippen molar-refractivity contribution in [2.45, 2.75) is 77.7 Å². The van der Waals surface area contributed by atoms with E-state index in [4.69, 9.17) is 39.5 Å². The topological polar surface area (TPSA) is 83.8 Å². The van der Waals surface area contributed by atoms with Crippen molar-refractivity contribution in [2.75, 3.05) is 19.6 Å². The molecule has 2 amide bonds. The third kappa shape index (κ3) is 6.73. The number of piperazine rings is 1. The van der Waals surface area contributed by atoms with E-state index >= 15 is 0 Å². The SMILES string of the molecule is C[C@@H]1CN(C(=O)c2ccc(C3CCCN3C(=O)OC(C)(C)C)s2)C[C@H](C)N1Cc1cn(-c2c(Cl)cc(Cl)cc2Cl)nn1. The molecular weight excluding hydrogens is 619 g/mol. The zero-order valence-electron chi connectivity index (χ0n) is 24.3. The predicted octanol–water partition coefficient (Wildman–Crippen LogP) is 7.10. The second-order valence-electron chi connectivity index (χ2n) is 12.0. The Morgan fingerprint density at radius 1 is 1.07 bits per heavy atom. The van der Waals surface area contributed by atoms with Gasteiger partial charge in [-0.15, -0.1) is 16.4 Å². The maximum Gasteiger partial charge on any atom is 0.410 e. The molecule has 0 aliphatic carbocycles. The van der Waals surface area contributed by atoms with Crippen LogP contribution in [0.3, 0.4) is 0 Å². The first-order chi connectivity index (χ1) is 19.8.